The van der Waals surface area contributed by atoms with E-state index in [9.17, 15) is 8.78 Å². The molecule has 0 saturated carbocycles. The predicted molar refractivity (Wildman–Crippen MR) is 68.7 cm³/mol. The lowest BCUT2D eigenvalue weighted by atomic mass is 10.1. The third-order valence-electron chi connectivity index (χ3n) is 2.79. The van der Waals surface area contributed by atoms with Crippen LogP contribution in [0.4, 0.5) is 8.78 Å². The average Bonchev–Trinajstić information content (AvgIpc) is 2.38. The second kappa shape index (κ2) is 9.00. The fourth-order valence-corrected chi connectivity index (χ4v) is 1.79. The van der Waals surface area contributed by atoms with E-state index in [-0.39, 0.29) is 12.2 Å². The van der Waals surface area contributed by atoms with Gasteiger partial charge in [0.2, 0.25) is 0 Å². The van der Waals surface area contributed by atoms with Crippen molar-refractivity contribution in [2.75, 3.05) is 13.2 Å². The summed E-state index contributed by atoms with van der Waals surface area (Å²) in [5.74, 6) is 0. The van der Waals surface area contributed by atoms with Crippen LogP contribution in [0.3, 0.4) is 0 Å². The molecule has 0 aliphatic rings. The molecule has 0 amide bonds. The number of aliphatic hydroxyl groups is 1. The molecule has 4 heteroatoms. The normalized spacial score (nSPS) is 11.1. The second-order valence-corrected chi connectivity index (χ2v) is 4.36. The van der Waals surface area contributed by atoms with Crippen molar-refractivity contribution in [2.45, 2.75) is 38.7 Å². The molecule has 0 unspecified atom stereocenters. The van der Waals surface area contributed by atoms with E-state index in [2.05, 4.69) is 5.32 Å². The zero-order valence-electron chi connectivity index (χ0n) is 10.5. The number of benzene rings is 1. The van der Waals surface area contributed by atoms with Gasteiger partial charge in [0.05, 0.1) is 0 Å². The Morgan fingerprint density at radius 2 is 1.89 bits per heavy atom. The summed E-state index contributed by atoms with van der Waals surface area (Å²) in [6, 6.07) is 6.51. The van der Waals surface area contributed by atoms with Crippen molar-refractivity contribution in [3.8, 4) is 0 Å². The second-order valence-electron chi connectivity index (χ2n) is 4.36. The van der Waals surface area contributed by atoms with Crippen LogP contribution >= 0.6 is 0 Å². The first-order valence-electron chi connectivity index (χ1n) is 6.42. The zero-order valence-corrected chi connectivity index (χ0v) is 10.5. The minimum Gasteiger partial charge on any atom is -0.396 e. The SMILES string of the molecule is OCCCCCCNCc1cccc(C(F)F)c1. The molecule has 0 bridgehead atoms. The van der Waals surface area contributed by atoms with Crippen LogP contribution in [0, 0.1) is 0 Å². The van der Waals surface area contributed by atoms with E-state index < -0.39 is 6.43 Å². The molecule has 0 atom stereocenters. The van der Waals surface area contributed by atoms with Crippen molar-refractivity contribution in [3.63, 3.8) is 0 Å². The molecule has 1 rings (SSSR count). The van der Waals surface area contributed by atoms with E-state index in [0.29, 0.717) is 6.54 Å². The molecule has 0 saturated heterocycles. The highest BCUT2D eigenvalue weighted by Gasteiger charge is 2.06. The molecule has 0 aliphatic carbocycles. The van der Waals surface area contributed by atoms with Gasteiger partial charge in [-0.25, -0.2) is 8.78 Å². The van der Waals surface area contributed by atoms with Crippen molar-refractivity contribution < 1.29 is 13.9 Å². The number of unbranched alkanes of at least 4 members (excludes halogenated alkanes) is 3. The van der Waals surface area contributed by atoms with Gasteiger partial charge in [0.25, 0.3) is 6.43 Å². The van der Waals surface area contributed by atoms with Crippen molar-refractivity contribution in [3.05, 3.63) is 35.4 Å². The first-order valence-corrected chi connectivity index (χ1v) is 6.42. The smallest absolute Gasteiger partial charge is 0.263 e. The van der Waals surface area contributed by atoms with Gasteiger partial charge in [-0.15, -0.1) is 0 Å². The first kappa shape index (κ1) is 15.1. The minimum atomic E-state index is -2.40. The van der Waals surface area contributed by atoms with Gasteiger partial charge in [-0.2, -0.15) is 0 Å². The van der Waals surface area contributed by atoms with Crippen LogP contribution in [-0.2, 0) is 6.54 Å². The topological polar surface area (TPSA) is 32.3 Å². The Morgan fingerprint density at radius 1 is 1.11 bits per heavy atom. The highest BCUT2D eigenvalue weighted by Crippen LogP contribution is 2.19. The quantitative estimate of drug-likeness (QED) is 0.665. The number of nitrogens with one attached hydrogen (secondary N) is 1. The summed E-state index contributed by atoms with van der Waals surface area (Å²) in [7, 11) is 0. The van der Waals surface area contributed by atoms with Gasteiger partial charge in [-0.3, -0.25) is 0 Å². The fraction of sp³-hybridized carbons (Fsp3) is 0.571. The van der Waals surface area contributed by atoms with E-state index in [4.69, 9.17) is 5.11 Å². The Balaban J connectivity index is 2.17. The first-order chi connectivity index (χ1) is 8.74. The maximum Gasteiger partial charge on any atom is 0.263 e. The molecule has 0 heterocycles. The molecule has 2 nitrogen and oxygen atoms in total. The van der Waals surface area contributed by atoms with Crippen molar-refractivity contribution >= 4 is 0 Å². The zero-order chi connectivity index (χ0) is 13.2. The maximum absolute atomic E-state index is 12.5. The molecular formula is C14H21F2NO. The van der Waals surface area contributed by atoms with Crippen molar-refractivity contribution in [2.24, 2.45) is 0 Å². The predicted octanol–water partition coefficient (Wildman–Crippen LogP) is 3.27. The standard InChI is InChI=1S/C14H21F2NO/c15-14(16)13-7-5-6-12(10-13)11-17-8-3-1-2-4-9-18/h5-7,10,14,17-18H,1-4,8-9,11H2. The Labute approximate surface area is 107 Å². The number of hydrogen-bond donors (Lipinski definition) is 2. The van der Waals surface area contributed by atoms with Gasteiger partial charge in [-0.05, 0) is 31.0 Å². The molecule has 18 heavy (non-hydrogen) atoms. The Hall–Kier alpha value is -1.00. The summed E-state index contributed by atoms with van der Waals surface area (Å²) in [5.41, 5.74) is 0.973. The van der Waals surface area contributed by atoms with Crippen molar-refractivity contribution in [1.29, 1.82) is 0 Å². The van der Waals surface area contributed by atoms with Crippen molar-refractivity contribution in [1.82, 2.24) is 5.32 Å². The van der Waals surface area contributed by atoms with E-state index in [1.165, 1.54) is 6.07 Å². The lowest BCUT2D eigenvalue weighted by Gasteiger charge is -2.06. The van der Waals surface area contributed by atoms with E-state index in [1.54, 1.807) is 12.1 Å². The third kappa shape index (κ3) is 6.07. The third-order valence-corrected chi connectivity index (χ3v) is 2.79. The van der Waals surface area contributed by atoms with Crippen LogP contribution < -0.4 is 5.32 Å². The summed E-state index contributed by atoms with van der Waals surface area (Å²) in [4.78, 5) is 0. The molecule has 0 aliphatic heterocycles. The van der Waals surface area contributed by atoms with Crippen LogP contribution in [0.25, 0.3) is 0 Å². The largest absolute Gasteiger partial charge is 0.396 e. The van der Waals surface area contributed by atoms with Gasteiger partial charge in [0.15, 0.2) is 0 Å². The van der Waals surface area contributed by atoms with E-state index in [1.807, 2.05) is 6.07 Å². The summed E-state index contributed by atoms with van der Waals surface area (Å²) >= 11 is 0. The van der Waals surface area contributed by atoms with Gasteiger partial charge >= 0.3 is 0 Å². The van der Waals surface area contributed by atoms with Gasteiger partial charge in [0, 0.05) is 18.7 Å². The molecule has 0 fully saturated rings. The summed E-state index contributed by atoms with van der Waals surface area (Å²) in [5, 5.41) is 11.8. The highest BCUT2D eigenvalue weighted by molar-refractivity contribution is 5.24. The molecule has 2 N–H and O–H groups in total. The van der Waals surface area contributed by atoms with Crippen LogP contribution in [0.5, 0.6) is 0 Å². The number of hydrogen-bond acceptors (Lipinski definition) is 2. The summed E-state index contributed by atoms with van der Waals surface area (Å²) < 4.78 is 24.9. The lowest BCUT2D eigenvalue weighted by molar-refractivity contribution is 0.151. The minimum absolute atomic E-state index is 0.0808. The highest BCUT2D eigenvalue weighted by atomic mass is 19.3. The molecule has 1 aromatic rings. The summed E-state index contributed by atoms with van der Waals surface area (Å²) in [6.45, 7) is 1.76. The number of halogens is 2. The van der Waals surface area contributed by atoms with Crippen LogP contribution in [-0.4, -0.2) is 18.3 Å². The van der Waals surface area contributed by atoms with Gasteiger partial charge < -0.3 is 10.4 Å². The van der Waals surface area contributed by atoms with E-state index >= 15 is 0 Å². The van der Waals surface area contributed by atoms with Gasteiger partial charge in [0.1, 0.15) is 0 Å². The van der Waals surface area contributed by atoms with Crippen LogP contribution in [0.2, 0.25) is 0 Å². The molecule has 0 spiro atoms. The number of alkyl halides is 2. The Morgan fingerprint density at radius 3 is 2.61 bits per heavy atom. The molecular weight excluding hydrogens is 236 g/mol. The van der Waals surface area contributed by atoms with Crippen LogP contribution in [0.1, 0.15) is 43.2 Å². The van der Waals surface area contributed by atoms with Gasteiger partial charge in [-0.1, -0.05) is 31.0 Å². The monoisotopic (exact) mass is 257 g/mol. The number of aliphatic hydroxyl groups excluding tert-OH is 1. The Kier molecular flexibility index (Phi) is 7.53. The fourth-order valence-electron chi connectivity index (χ4n) is 1.79. The van der Waals surface area contributed by atoms with Crippen LogP contribution in [0.15, 0.2) is 24.3 Å². The molecule has 0 aromatic heterocycles. The van der Waals surface area contributed by atoms with E-state index in [0.717, 1.165) is 37.8 Å². The molecule has 102 valence electrons. The lowest BCUT2D eigenvalue weighted by Crippen LogP contribution is -2.14. The number of rotatable bonds is 9. The molecule has 0 radical (unpaired) electrons. The summed E-state index contributed by atoms with van der Waals surface area (Å²) in [6.07, 6.45) is 1.64. The average molecular weight is 257 g/mol. The Bertz CT molecular complexity index is 331. The molecule has 1 aromatic carbocycles. The maximum atomic E-state index is 12.5.